The lowest BCUT2D eigenvalue weighted by molar-refractivity contribution is -0.111. The van der Waals surface area contributed by atoms with E-state index in [2.05, 4.69) is 10.6 Å². The summed E-state index contributed by atoms with van der Waals surface area (Å²) >= 11 is 0. The monoisotopic (exact) mass is 446 g/mol. The normalized spacial score (nSPS) is 12.3. The number of carboxylic acids is 1. The molecule has 170 valence electrons. The summed E-state index contributed by atoms with van der Waals surface area (Å²) in [6.07, 6.45) is 1.41. The van der Waals surface area contributed by atoms with Crippen molar-refractivity contribution >= 4 is 39.8 Å². The Hall–Kier alpha value is -3.97. The van der Waals surface area contributed by atoms with Crippen molar-refractivity contribution in [3.8, 4) is 0 Å². The number of allylic oxidation sites excluding steroid dienone is 1. The molecule has 0 aliphatic carbocycles. The van der Waals surface area contributed by atoms with Crippen LogP contribution in [0.5, 0.6) is 0 Å². The lowest BCUT2D eigenvalue weighted by Crippen LogP contribution is -2.35. The average molecular weight is 447 g/mol. The maximum Gasteiger partial charge on any atom is 0.337 e. The highest BCUT2D eigenvalue weighted by molar-refractivity contribution is 6.08. The molecule has 0 radical (unpaired) electrons. The predicted molar refractivity (Wildman–Crippen MR) is 128 cm³/mol. The summed E-state index contributed by atoms with van der Waals surface area (Å²) in [5, 5.41) is 17.0. The van der Waals surface area contributed by atoms with Gasteiger partial charge >= 0.3 is 5.97 Å². The fourth-order valence-electron chi connectivity index (χ4n) is 3.46. The summed E-state index contributed by atoms with van der Waals surface area (Å²) < 4.78 is 5.01. The topological polar surface area (TPSA) is 105 Å². The van der Waals surface area contributed by atoms with Crippen molar-refractivity contribution in [2.45, 2.75) is 19.9 Å². The molecule has 0 spiro atoms. The molecule has 7 heteroatoms. The van der Waals surface area contributed by atoms with Crippen molar-refractivity contribution in [1.82, 2.24) is 5.32 Å². The Morgan fingerprint density at radius 1 is 1.00 bits per heavy atom. The lowest BCUT2D eigenvalue weighted by Gasteiger charge is -2.14. The molecule has 3 rings (SSSR count). The third-order valence-electron chi connectivity index (χ3n) is 5.12. The summed E-state index contributed by atoms with van der Waals surface area (Å²) in [4.78, 5) is 36.8. The Balaban J connectivity index is 1.83. The van der Waals surface area contributed by atoms with E-state index in [1.165, 1.54) is 31.4 Å². The first-order valence-corrected chi connectivity index (χ1v) is 10.4. The fourth-order valence-corrected chi connectivity index (χ4v) is 3.46. The van der Waals surface area contributed by atoms with Crippen LogP contribution in [0.3, 0.4) is 0 Å². The minimum absolute atomic E-state index is 0.0436. The summed E-state index contributed by atoms with van der Waals surface area (Å²) in [6.45, 7) is 3.93. The molecule has 7 nitrogen and oxygen atoms in total. The molecule has 3 aromatic rings. The van der Waals surface area contributed by atoms with E-state index in [9.17, 15) is 19.5 Å². The number of nitrogens with one attached hydrogen (secondary N) is 2. The van der Waals surface area contributed by atoms with Crippen LogP contribution in [0, 0.1) is 0 Å². The zero-order valence-electron chi connectivity index (χ0n) is 18.7. The number of carboxylic acid groups (broad SMARTS) is 1. The number of fused-ring (bicyclic) bond motifs is 1. The zero-order chi connectivity index (χ0) is 24.0. The van der Waals surface area contributed by atoms with Gasteiger partial charge in [-0.15, -0.1) is 0 Å². The quantitative estimate of drug-likeness (QED) is 0.447. The highest BCUT2D eigenvalue weighted by Gasteiger charge is 2.17. The molecular formula is C26H26N2O5. The molecule has 1 unspecified atom stereocenters. The second-order valence-electron chi connectivity index (χ2n) is 7.77. The van der Waals surface area contributed by atoms with Gasteiger partial charge in [0.05, 0.1) is 17.9 Å². The van der Waals surface area contributed by atoms with Crippen LogP contribution in [0.2, 0.25) is 0 Å². The minimum atomic E-state index is -1.21. The molecule has 0 saturated carbocycles. The summed E-state index contributed by atoms with van der Waals surface area (Å²) in [5.74, 6) is -2.09. The molecular weight excluding hydrogens is 420 g/mol. The van der Waals surface area contributed by atoms with Gasteiger partial charge < -0.3 is 20.5 Å². The van der Waals surface area contributed by atoms with E-state index in [-0.39, 0.29) is 22.9 Å². The van der Waals surface area contributed by atoms with E-state index in [1.807, 2.05) is 49.4 Å². The van der Waals surface area contributed by atoms with Gasteiger partial charge in [0.1, 0.15) is 0 Å². The SMILES string of the molecule is COCC(C)NC(=O)c1ccc(C(=O)O)c(NC(=O)/C=C(/C)c2ccc3ccccc3c2)c1. The standard InChI is InChI=1S/C26H26N2O5/c1-16(19-9-8-18-6-4-5-7-20(18)13-19)12-24(29)28-23-14-21(10-11-22(23)26(31)32)25(30)27-17(2)15-33-3/h4-14,17H,15H2,1-3H3,(H,27,30)(H,28,29)(H,31,32)/b16-12-. The summed E-state index contributed by atoms with van der Waals surface area (Å²) in [6, 6.07) is 17.6. The number of hydrogen-bond acceptors (Lipinski definition) is 4. The molecule has 3 aromatic carbocycles. The summed E-state index contributed by atoms with van der Waals surface area (Å²) in [7, 11) is 1.53. The van der Waals surface area contributed by atoms with E-state index >= 15 is 0 Å². The first-order valence-electron chi connectivity index (χ1n) is 10.4. The lowest BCUT2D eigenvalue weighted by atomic mass is 10.0. The first-order chi connectivity index (χ1) is 15.8. The largest absolute Gasteiger partial charge is 0.478 e. The summed E-state index contributed by atoms with van der Waals surface area (Å²) in [5.41, 5.74) is 1.76. The number of ether oxygens (including phenoxy) is 1. The van der Waals surface area contributed by atoms with Gasteiger partial charge in [-0.1, -0.05) is 36.4 Å². The van der Waals surface area contributed by atoms with Crippen molar-refractivity contribution in [3.63, 3.8) is 0 Å². The van der Waals surface area contributed by atoms with Crippen LogP contribution in [0.1, 0.15) is 40.1 Å². The van der Waals surface area contributed by atoms with E-state index in [1.54, 1.807) is 6.92 Å². The number of rotatable bonds is 8. The number of hydrogen-bond donors (Lipinski definition) is 3. The third-order valence-corrected chi connectivity index (χ3v) is 5.12. The predicted octanol–water partition coefficient (Wildman–Crippen LogP) is 4.34. The highest BCUT2D eigenvalue weighted by atomic mass is 16.5. The van der Waals surface area contributed by atoms with Gasteiger partial charge in [-0.05, 0) is 60.0 Å². The molecule has 0 fully saturated rings. The number of aromatic carboxylic acids is 1. The second kappa shape index (κ2) is 10.6. The van der Waals surface area contributed by atoms with Crippen molar-refractivity contribution in [2.24, 2.45) is 0 Å². The second-order valence-corrected chi connectivity index (χ2v) is 7.77. The number of carbonyl (C=O) groups is 3. The Morgan fingerprint density at radius 3 is 2.39 bits per heavy atom. The Bertz CT molecular complexity index is 1230. The van der Waals surface area contributed by atoms with E-state index in [0.29, 0.717) is 6.61 Å². The van der Waals surface area contributed by atoms with Gasteiger partial charge in [0.25, 0.3) is 5.91 Å². The van der Waals surface area contributed by atoms with Crippen LogP contribution in [-0.4, -0.2) is 42.6 Å². The molecule has 1 atom stereocenters. The molecule has 0 heterocycles. The Kier molecular flexibility index (Phi) is 7.58. The van der Waals surface area contributed by atoms with Gasteiger partial charge in [-0.2, -0.15) is 0 Å². The van der Waals surface area contributed by atoms with Crippen molar-refractivity contribution in [1.29, 1.82) is 0 Å². The number of amides is 2. The number of anilines is 1. The molecule has 0 aliphatic heterocycles. The van der Waals surface area contributed by atoms with Gasteiger partial charge in [0.2, 0.25) is 5.91 Å². The van der Waals surface area contributed by atoms with Crippen LogP contribution in [0.4, 0.5) is 5.69 Å². The van der Waals surface area contributed by atoms with Crippen LogP contribution < -0.4 is 10.6 Å². The molecule has 2 amide bonds. The van der Waals surface area contributed by atoms with E-state index < -0.39 is 17.8 Å². The number of methoxy groups -OCH3 is 1. The third kappa shape index (κ3) is 6.05. The average Bonchev–Trinajstić information content (AvgIpc) is 2.78. The molecule has 33 heavy (non-hydrogen) atoms. The highest BCUT2D eigenvalue weighted by Crippen LogP contribution is 2.22. The fraction of sp³-hybridized carbons (Fsp3) is 0.192. The van der Waals surface area contributed by atoms with Crippen LogP contribution in [0.15, 0.2) is 66.7 Å². The maximum atomic E-state index is 12.7. The molecule has 3 N–H and O–H groups in total. The maximum absolute atomic E-state index is 12.7. The Morgan fingerprint density at radius 2 is 1.70 bits per heavy atom. The number of carbonyl (C=O) groups excluding carboxylic acids is 2. The van der Waals surface area contributed by atoms with E-state index in [4.69, 9.17) is 4.74 Å². The molecule has 0 saturated heterocycles. The van der Waals surface area contributed by atoms with Gasteiger partial charge in [-0.25, -0.2) is 4.79 Å². The molecule has 0 bridgehead atoms. The molecule has 0 aliphatic rings. The van der Waals surface area contributed by atoms with E-state index in [0.717, 1.165) is 21.9 Å². The smallest absolute Gasteiger partial charge is 0.337 e. The molecule has 0 aromatic heterocycles. The number of benzene rings is 3. The van der Waals surface area contributed by atoms with Gasteiger partial charge in [0.15, 0.2) is 0 Å². The van der Waals surface area contributed by atoms with Crippen LogP contribution in [0.25, 0.3) is 16.3 Å². The Labute approximate surface area is 192 Å². The minimum Gasteiger partial charge on any atom is -0.478 e. The van der Waals surface area contributed by atoms with Crippen LogP contribution in [-0.2, 0) is 9.53 Å². The van der Waals surface area contributed by atoms with Crippen molar-refractivity contribution < 1.29 is 24.2 Å². The zero-order valence-corrected chi connectivity index (χ0v) is 18.7. The van der Waals surface area contributed by atoms with Crippen molar-refractivity contribution in [3.05, 3.63) is 83.4 Å². The van der Waals surface area contributed by atoms with Crippen LogP contribution >= 0.6 is 0 Å². The first kappa shape index (κ1) is 23.7. The van der Waals surface area contributed by atoms with Gasteiger partial charge in [-0.3, -0.25) is 9.59 Å². The van der Waals surface area contributed by atoms with Crippen molar-refractivity contribution in [2.75, 3.05) is 19.0 Å². The van der Waals surface area contributed by atoms with Gasteiger partial charge in [0, 0.05) is 24.8 Å².